The summed E-state index contributed by atoms with van der Waals surface area (Å²) in [6.07, 6.45) is -0.847. The molecule has 0 radical (unpaired) electrons. The van der Waals surface area contributed by atoms with Gasteiger partial charge in [0.15, 0.2) is 0 Å². The van der Waals surface area contributed by atoms with E-state index < -0.39 is 6.17 Å². The summed E-state index contributed by atoms with van der Waals surface area (Å²) in [7, 11) is 0. The van der Waals surface area contributed by atoms with Gasteiger partial charge in [-0.2, -0.15) is 0 Å². The zero-order valence-corrected chi connectivity index (χ0v) is 9.96. The minimum Gasteiger partial charge on any atom is -0.0798 e. The molecular weight excluding hydrogens is 240 g/mol. The van der Waals surface area contributed by atoms with E-state index in [2.05, 4.69) is 20.1 Å². The summed E-state index contributed by atoms with van der Waals surface area (Å²) < 4.78 is 0. The maximum atomic E-state index is 8.43. The fraction of sp³-hybridized carbons (Fsp3) is 0.0769. The van der Waals surface area contributed by atoms with E-state index in [1.807, 2.05) is 42.5 Å². The van der Waals surface area contributed by atoms with Gasteiger partial charge in [-0.3, -0.25) is 0 Å². The lowest BCUT2D eigenvalue weighted by Crippen LogP contribution is -1.89. The van der Waals surface area contributed by atoms with Crippen molar-refractivity contribution in [3.8, 4) is 11.1 Å². The van der Waals surface area contributed by atoms with Crippen LogP contribution in [0.5, 0.6) is 0 Å². The SMILES string of the molecule is [N-]=[N+]=NC(N=[N+]=[N-])c1ccc(-c2ccccc2)cc1. The van der Waals surface area contributed by atoms with Gasteiger partial charge in [0.05, 0.1) is 0 Å². The normalized spacial score (nSPS) is 10.9. The van der Waals surface area contributed by atoms with Crippen molar-refractivity contribution in [2.45, 2.75) is 6.17 Å². The maximum Gasteiger partial charge on any atom is 0.141 e. The molecule has 19 heavy (non-hydrogen) atoms. The lowest BCUT2D eigenvalue weighted by atomic mass is 10.0. The number of nitrogens with zero attached hydrogens (tertiary/aromatic N) is 6. The number of rotatable bonds is 4. The van der Waals surface area contributed by atoms with Crippen LogP contribution in [0.25, 0.3) is 32.0 Å². The molecule has 0 unspecified atom stereocenters. The minimum atomic E-state index is -0.847. The maximum absolute atomic E-state index is 8.43. The molecule has 0 bridgehead atoms. The summed E-state index contributed by atoms with van der Waals surface area (Å²) in [5.74, 6) is 0. The van der Waals surface area contributed by atoms with Crippen molar-refractivity contribution in [3.05, 3.63) is 81.0 Å². The predicted octanol–water partition coefficient (Wildman–Crippen LogP) is 4.97. The molecule has 92 valence electrons. The molecule has 0 fully saturated rings. The van der Waals surface area contributed by atoms with Crippen molar-refractivity contribution in [1.29, 1.82) is 0 Å². The lowest BCUT2D eigenvalue weighted by molar-refractivity contribution is 0.757. The fourth-order valence-electron chi connectivity index (χ4n) is 1.73. The van der Waals surface area contributed by atoms with Crippen LogP contribution in [0.15, 0.2) is 64.8 Å². The molecule has 6 nitrogen and oxygen atoms in total. The molecule has 2 aromatic carbocycles. The van der Waals surface area contributed by atoms with E-state index in [9.17, 15) is 0 Å². The number of azide groups is 1. The van der Waals surface area contributed by atoms with Gasteiger partial charge in [-0.1, -0.05) is 64.8 Å². The largest absolute Gasteiger partial charge is 0.141 e. The molecule has 0 saturated carbocycles. The first-order valence-corrected chi connectivity index (χ1v) is 5.59. The Labute approximate surface area is 109 Å². The Morgan fingerprint density at radius 1 is 0.737 bits per heavy atom. The van der Waals surface area contributed by atoms with Crippen LogP contribution < -0.4 is 0 Å². The second kappa shape index (κ2) is 6.12. The number of hydrogen-bond acceptors (Lipinski definition) is 2. The molecule has 0 aliphatic rings. The Bertz CT molecular complexity index is 619. The van der Waals surface area contributed by atoms with Crippen molar-refractivity contribution in [2.75, 3.05) is 0 Å². The van der Waals surface area contributed by atoms with E-state index in [1.165, 1.54) is 0 Å². The third-order valence-corrected chi connectivity index (χ3v) is 2.64. The molecule has 2 aromatic rings. The highest BCUT2D eigenvalue weighted by molar-refractivity contribution is 5.63. The highest BCUT2D eigenvalue weighted by atomic mass is 15.3. The van der Waals surface area contributed by atoms with Crippen LogP contribution in [-0.2, 0) is 0 Å². The molecule has 0 spiro atoms. The van der Waals surface area contributed by atoms with Crippen LogP contribution in [0.3, 0.4) is 0 Å². The zero-order chi connectivity index (χ0) is 13.5. The van der Waals surface area contributed by atoms with Gasteiger partial charge in [-0.15, -0.1) is 0 Å². The van der Waals surface area contributed by atoms with Gasteiger partial charge >= 0.3 is 0 Å². The van der Waals surface area contributed by atoms with Crippen LogP contribution in [0.4, 0.5) is 0 Å². The van der Waals surface area contributed by atoms with Crippen LogP contribution in [0.2, 0.25) is 0 Å². The summed E-state index contributed by atoms with van der Waals surface area (Å²) in [6, 6.07) is 17.3. The van der Waals surface area contributed by atoms with Gasteiger partial charge < -0.3 is 0 Å². The Hall–Kier alpha value is -2.94. The second-order valence-corrected chi connectivity index (χ2v) is 3.77. The number of benzene rings is 2. The molecule has 0 atom stereocenters. The monoisotopic (exact) mass is 250 g/mol. The van der Waals surface area contributed by atoms with E-state index in [0.717, 1.165) is 11.1 Å². The van der Waals surface area contributed by atoms with Crippen LogP contribution in [-0.4, -0.2) is 0 Å². The molecule has 0 aliphatic carbocycles. The lowest BCUT2D eigenvalue weighted by Gasteiger charge is -2.06. The van der Waals surface area contributed by atoms with Crippen LogP contribution in [0.1, 0.15) is 11.7 Å². The van der Waals surface area contributed by atoms with Crippen molar-refractivity contribution >= 4 is 0 Å². The first-order valence-electron chi connectivity index (χ1n) is 5.59. The molecule has 0 aromatic heterocycles. The van der Waals surface area contributed by atoms with E-state index in [-0.39, 0.29) is 0 Å². The highest BCUT2D eigenvalue weighted by Crippen LogP contribution is 2.24. The Balaban J connectivity index is 2.32. The summed E-state index contributed by atoms with van der Waals surface area (Å²) in [4.78, 5) is 5.34. The summed E-state index contributed by atoms with van der Waals surface area (Å²) in [5, 5.41) is 6.89. The Kier molecular flexibility index (Phi) is 4.03. The van der Waals surface area contributed by atoms with Crippen LogP contribution in [0, 0.1) is 0 Å². The first-order chi connectivity index (χ1) is 9.35. The average Bonchev–Trinajstić information content (AvgIpc) is 2.48. The Morgan fingerprint density at radius 3 is 1.79 bits per heavy atom. The van der Waals surface area contributed by atoms with E-state index >= 15 is 0 Å². The first kappa shape index (κ1) is 12.5. The quantitative estimate of drug-likeness (QED) is 0.415. The van der Waals surface area contributed by atoms with Gasteiger partial charge in [0, 0.05) is 9.82 Å². The van der Waals surface area contributed by atoms with E-state index in [0.29, 0.717) is 5.56 Å². The average molecular weight is 250 g/mol. The smallest absolute Gasteiger partial charge is 0.0798 e. The van der Waals surface area contributed by atoms with Gasteiger partial charge in [0.25, 0.3) is 0 Å². The molecule has 0 heterocycles. The summed E-state index contributed by atoms with van der Waals surface area (Å²) in [6.45, 7) is 0. The molecule has 2 rings (SSSR count). The number of hydrogen-bond donors (Lipinski definition) is 0. The van der Waals surface area contributed by atoms with E-state index in [4.69, 9.17) is 11.1 Å². The highest BCUT2D eigenvalue weighted by Gasteiger charge is 2.06. The molecule has 0 N–H and O–H groups in total. The van der Waals surface area contributed by atoms with Crippen molar-refractivity contribution in [2.24, 2.45) is 10.2 Å². The molecular formula is C13H10N6. The molecule has 0 saturated heterocycles. The molecule has 6 heteroatoms. The molecule has 0 amide bonds. The van der Waals surface area contributed by atoms with Gasteiger partial charge in [0.1, 0.15) is 6.17 Å². The van der Waals surface area contributed by atoms with Gasteiger partial charge in [-0.05, 0) is 27.8 Å². The Morgan fingerprint density at radius 2 is 1.26 bits per heavy atom. The topological polar surface area (TPSA) is 97.5 Å². The molecule has 0 aliphatic heterocycles. The minimum absolute atomic E-state index is 0.662. The predicted molar refractivity (Wildman–Crippen MR) is 72.9 cm³/mol. The van der Waals surface area contributed by atoms with E-state index in [1.54, 1.807) is 12.1 Å². The fourth-order valence-corrected chi connectivity index (χ4v) is 1.73. The van der Waals surface area contributed by atoms with Crippen molar-refractivity contribution in [3.63, 3.8) is 0 Å². The van der Waals surface area contributed by atoms with Gasteiger partial charge in [-0.25, -0.2) is 0 Å². The van der Waals surface area contributed by atoms with Crippen molar-refractivity contribution < 1.29 is 0 Å². The second-order valence-electron chi connectivity index (χ2n) is 3.77. The van der Waals surface area contributed by atoms with Crippen LogP contribution >= 0.6 is 0 Å². The zero-order valence-electron chi connectivity index (χ0n) is 9.96. The standard InChI is InChI=1S/C13H10N6/c14-18-16-13(17-19-15)12-8-6-11(7-9-12)10-4-2-1-3-5-10/h1-9,13H. The van der Waals surface area contributed by atoms with Gasteiger partial charge in [0.2, 0.25) is 0 Å². The third kappa shape index (κ3) is 3.04. The third-order valence-electron chi connectivity index (χ3n) is 2.64. The summed E-state index contributed by atoms with van der Waals surface area (Å²) in [5.41, 5.74) is 19.7. The van der Waals surface area contributed by atoms with Crippen molar-refractivity contribution in [1.82, 2.24) is 0 Å². The summed E-state index contributed by atoms with van der Waals surface area (Å²) >= 11 is 0.